The van der Waals surface area contributed by atoms with Crippen LogP contribution >= 0.6 is 0 Å². The van der Waals surface area contributed by atoms with Crippen molar-refractivity contribution in [3.63, 3.8) is 0 Å². The van der Waals surface area contributed by atoms with Crippen LogP contribution in [-0.2, 0) is 33.6 Å². The number of methoxy groups -OCH3 is 2. The fraction of sp³-hybridized carbons (Fsp3) is 0.316. The zero-order valence-electron chi connectivity index (χ0n) is 15.6. The maximum absolute atomic E-state index is 10.9. The average Bonchev–Trinajstić information content (AvgIpc) is 2.66. The van der Waals surface area contributed by atoms with E-state index in [1.165, 1.54) is 0 Å². The van der Waals surface area contributed by atoms with Crippen molar-refractivity contribution in [1.29, 1.82) is 0 Å². The normalized spacial score (nSPS) is 15.6. The number of nitrogens with one attached hydrogen (secondary N) is 1. The maximum atomic E-state index is 10.9. The molecular formula is C19H23NO7S. The number of carbonyl (C=O) groups is 1. The molecule has 0 spiro atoms. The topological polar surface area (TPSA) is 122 Å². The number of carboxylic acids is 1. The van der Waals surface area contributed by atoms with Gasteiger partial charge in [0.1, 0.15) is 11.8 Å². The Hall–Kier alpha value is -2.62. The quantitative estimate of drug-likeness (QED) is 0.640. The summed E-state index contributed by atoms with van der Waals surface area (Å²) in [5.41, 5.74) is 2.64. The molecule has 2 aromatic rings. The number of carboxylic acid groups (broad SMARTS) is 1. The van der Waals surface area contributed by atoms with Crippen LogP contribution in [0.25, 0.3) is 0 Å². The van der Waals surface area contributed by atoms with Crippen LogP contribution in [0.15, 0.2) is 42.5 Å². The number of hydrogen-bond acceptors (Lipinski definition) is 6. The highest BCUT2D eigenvalue weighted by Crippen LogP contribution is 2.32. The Morgan fingerprint density at radius 3 is 2.18 bits per heavy atom. The van der Waals surface area contributed by atoms with Gasteiger partial charge in [0, 0.05) is 6.54 Å². The molecule has 1 aliphatic heterocycles. The molecule has 28 heavy (non-hydrogen) atoms. The maximum Gasteiger partial charge on any atom is 0.321 e. The number of hydrogen-bond donors (Lipinski definition) is 3. The van der Waals surface area contributed by atoms with Gasteiger partial charge in [-0.25, -0.2) is 0 Å². The standard InChI is InChI=1S/C12H15NO4.C7H8O3S/c1-16-10-4-7-3-9(12(14)15)13-6-8(7)5-11(10)17-2;8-11(9,10)6-7-4-2-1-3-5-7/h4-5,9,13H,3,6H2,1-2H3,(H,14,15);1-5H,6H2,(H,8,9,10)/t9-;/m0./s1. The van der Waals surface area contributed by atoms with Crippen LogP contribution in [0.5, 0.6) is 11.5 Å². The number of ether oxygens (including phenoxy) is 2. The van der Waals surface area contributed by atoms with Crippen LogP contribution in [0, 0.1) is 0 Å². The zero-order valence-corrected chi connectivity index (χ0v) is 16.4. The molecule has 8 nitrogen and oxygen atoms in total. The summed E-state index contributed by atoms with van der Waals surface area (Å²) in [7, 11) is -0.724. The van der Waals surface area contributed by atoms with Gasteiger partial charge in [0.2, 0.25) is 0 Å². The van der Waals surface area contributed by atoms with Crippen molar-refractivity contribution in [3.8, 4) is 11.5 Å². The Morgan fingerprint density at radius 1 is 1.11 bits per heavy atom. The van der Waals surface area contributed by atoms with Gasteiger partial charge in [0.25, 0.3) is 10.1 Å². The number of rotatable bonds is 5. The third kappa shape index (κ3) is 6.22. The minimum Gasteiger partial charge on any atom is -0.493 e. The molecule has 0 radical (unpaired) electrons. The molecule has 152 valence electrons. The van der Waals surface area contributed by atoms with Crippen LogP contribution in [0.1, 0.15) is 16.7 Å². The Morgan fingerprint density at radius 2 is 1.68 bits per heavy atom. The summed E-state index contributed by atoms with van der Waals surface area (Å²) in [6.45, 7) is 0.534. The first-order chi connectivity index (χ1) is 13.2. The number of fused-ring (bicyclic) bond motifs is 1. The third-order valence-electron chi connectivity index (χ3n) is 4.16. The lowest BCUT2D eigenvalue weighted by Gasteiger charge is -2.24. The molecule has 0 aromatic heterocycles. The van der Waals surface area contributed by atoms with E-state index in [-0.39, 0.29) is 5.75 Å². The van der Waals surface area contributed by atoms with E-state index in [9.17, 15) is 13.2 Å². The smallest absolute Gasteiger partial charge is 0.321 e. The van der Waals surface area contributed by atoms with Gasteiger partial charge in [0.05, 0.1) is 14.2 Å². The van der Waals surface area contributed by atoms with Gasteiger partial charge in [-0.05, 0) is 35.2 Å². The summed E-state index contributed by atoms with van der Waals surface area (Å²) < 4.78 is 39.6. The Labute approximate surface area is 163 Å². The fourth-order valence-electron chi connectivity index (χ4n) is 2.80. The Kier molecular flexibility index (Phi) is 7.38. The summed E-state index contributed by atoms with van der Waals surface area (Å²) in [6.07, 6.45) is 0.463. The first kappa shape index (κ1) is 21.7. The van der Waals surface area contributed by atoms with Crippen molar-refractivity contribution in [2.75, 3.05) is 14.2 Å². The van der Waals surface area contributed by atoms with E-state index >= 15 is 0 Å². The van der Waals surface area contributed by atoms with Crippen LogP contribution in [0.3, 0.4) is 0 Å². The monoisotopic (exact) mass is 409 g/mol. The van der Waals surface area contributed by atoms with Crippen molar-refractivity contribution in [3.05, 3.63) is 59.2 Å². The summed E-state index contributed by atoms with van der Waals surface area (Å²) in [5.74, 6) is 0.165. The van der Waals surface area contributed by atoms with Crippen LogP contribution < -0.4 is 14.8 Å². The van der Waals surface area contributed by atoms with E-state index in [0.717, 1.165) is 11.1 Å². The molecule has 0 aliphatic carbocycles. The van der Waals surface area contributed by atoms with Crippen molar-refractivity contribution >= 4 is 16.1 Å². The highest BCUT2D eigenvalue weighted by atomic mass is 32.2. The first-order valence-corrected chi connectivity index (χ1v) is 10.0. The average molecular weight is 409 g/mol. The first-order valence-electron chi connectivity index (χ1n) is 8.42. The van der Waals surface area contributed by atoms with Gasteiger partial charge in [-0.1, -0.05) is 30.3 Å². The van der Waals surface area contributed by atoms with E-state index in [0.29, 0.717) is 30.0 Å². The van der Waals surface area contributed by atoms with E-state index in [2.05, 4.69) is 5.32 Å². The van der Waals surface area contributed by atoms with Gasteiger partial charge in [-0.15, -0.1) is 0 Å². The SMILES string of the molecule is COc1cc2c(cc1OC)C[C@@H](C(=O)O)NC2.O=S(=O)(O)Cc1ccccc1. The summed E-state index contributed by atoms with van der Waals surface area (Å²) >= 11 is 0. The molecule has 1 heterocycles. The minimum absolute atomic E-state index is 0.312. The predicted molar refractivity (Wildman–Crippen MR) is 103 cm³/mol. The summed E-state index contributed by atoms with van der Waals surface area (Å²) in [6, 6.07) is 11.7. The van der Waals surface area contributed by atoms with E-state index in [1.807, 2.05) is 12.1 Å². The second-order valence-corrected chi connectivity index (χ2v) is 7.62. The molecule has 0 amide bonds. The minimum atomic E-state index is -3.88. The van der Waals surface area contributed by atoms with Crippen LogP contribution in [-0.4, -0.2) is 44.3 Å². The fourth-order valence-corrected chi connectivity index (χ4v) is 3.42. The van der Waals surface area contributed by atoms with Crippen LogP contribution in [0.4, 0.5) is 0 Å². The van der Waals surface area contributed by atoms with Crippen LogP contribution in [0.2, 0.25) is 0 Å². The predicted octanol–water partition coefficient (Wildman–Crippen LogP) is 1.88. The highest BCUT2D eigenvalue weighted by molar-refractivity contribution is 7.85. The van der Waals surface area contributed by atoms with Gasteiger partial charge >= 0.3 is 5.97 Å². The summed E-state index contributed by atoms with van der Waals surface area (Å²) in [5, 5.41) is 11.9. The zero-order chi connectivity index (χ0) is 20.7. The molecule has 9 heteroatoms. The Bertz CT molecular complexity index is 913. The second kappa shape index (κ2) is 9.54. The molecule has 1 atom stereocenters. The lowest BCUT2D eigenvalue weighted by Crippen LogP contribution is -2.41. The van der Waals surface area contributed by atoms with Gasteiger partial charge in [-0.2, -0.15) is 8.42 Å². The van der Waals surface area contributed by atoms with Crippen molar-refractivity contribution in [2.45, 2.75) is 24.8 Å². The summed E-state index contributed by atoms with van der Waals surface area (Å²) in [4.78, 5) is 10.9. The largest absolute Gasteiger partial charge is 0.493 e. The molecule has 2 aromatic carbocycles. The molecule has 0 fully saturated rings. The lowest BCUT2D eigenvalue weighted by atomic mass is 9.95. The van der Waals surface area contributed by atoms with Gasteiger partial charge in [-0.3, -0.25) is 9.35 Å². The molecule has 1 aliphatic rings. The second-order valence-electron chi connectivity index (χ2n) is 6.16. The van der Waals surface area contributed by atoms with Gasteiger partial charge in [0.15, 0.2) is 11.5 Å². The van der Waals surface area contributed by atoms with Crippen molar-refractivity contribution < 1.29 is 32.3 Å². The van der Waals surface area contributed by atoms with Gasteiger partial charge < -0.3 is 19.9 Å². The molecule has 0 saturated carbocycles. The highest BCUT2D eigenvalue weighted by Gasteiger charge is 2.25. The molecular weight excluding hydrogens is 386 g/mol. The molecule has 0 saturated heterocycles. The van der Waals surface area contributed by atoms with Crippen molar-refractivity contribution in [2.24, 2.45) is 0 Å². The van der Waals surface area contributed by atoms with E-state index in [4.69, 9.17) is 19.1 Å². The number of benzene rings is 2. The Balaban J connectivity index is 0.000000221. The number of aliphatic carboxylic acids is 1. The molecule has 3 rings (SSSR count). The molecule has 0 unspecified atom stereocenters. The molecule has 0 bridgehead atoms. The lowest BCUT2D eigenvalue weighted by molar-refractivity contribution is -0.139. The van der Waals surface area contributed by atoms with E-state index in [1.54, 1.807) is 44.6 Å². The molecule has 3 N–H and O–H groups in total. The van der Waals surface area contributed by atoms with E-state index < -0.39 is 22.1 Å². The van der Waals surface area contributed by atoms with Crippen molar-refractivity contribution in [1.82, 2.24) is 5.32 Å². The third-order valence-corrected chi connectivity index (χ3v) is 4.86.